The van der Waals surface area contributed by atoms with Crippen LogP contribution in [0.4, 0.5) is 20.5 Å². The summed E-state index contributed by atoms with van der Waals surface area (Å²) in [5.41, 5.74) is 0.132. The number of anilines is 2. The van der Waals surface area contributed by atoms with Crippen molar-refractivity contribution < 1.29 is 27.5 Å². The van der Waals surface area contributed by atoms with Crippen molar-refractivity contribution >= 4 is 17.6 Å². The van der Waals surface area contributed by atoms with Crippen LogP contribution >= 0.6 is 0 Å². The molecule has 0 saturated carbocycles. The molecule has 11 heteroatoms. The molecule has 2 N–H and O–H groups in total. The highest BCUT2D eigenvalue weighted by Crippen LogP contribution is 2.32. The first-order chi connectivity index (χ1) is 16.5. The van der Waals surface area contributed by atoms with E-state index >= 15 is 0 Å². The van der Waals surface area contributed by atoms with Gasteiger partial charge in [0.2, 0.25) is 0 Å². The van der Waals surface area contributed by atoms with Gasteiger partial charge >= 0.3 is 6.01 Å². The zero-order valence-electron chi connectivity index (χ0n) is 18.6. The summed E-state index contributed by atoms with van der Waals surface area (Å²) >= 11 is 0. The largest absolute Gasteiger partial charge is 0.496 e. The molecule has 0 spiro atoms. The molecule has 0 unspecified atom stereocenters. The van der Waals surface area contributed by atoms with E-state index in [0.29, 0.717) is 17.9 Å². The number of benzene rings is 2. The molecule has 180 valence electrons. The highest BCUT2D eigenvalue weighted by Gasteiger charge is 2.19. The summed E-state index contributed by atoms with van der Waals surface area (Å²) < 4.78 is 44.2. The van der Waals surface area contributed by atoms with Gasteiger partial charge in [-0.3, -0.25) is 9.69 Å². The zero-order valence-corrected chi connectivity index (χ0v) is 18.6. The third kappa shape index (κ3) is 5.67. The number of nitrogens with one attached hydrogen (secondary N) is 2. The molecule has 0 bridgehead atoms. The molecule has 1 aliphatic rings. The van der Waals surface area contributed by atoms with Gasteiger partial charge in [-0.05, 0) is 37.2 Å². The number of morpholine rings is 1. The van der Waals surface area contributed by atoms with Gasteiger partial charge in [0.15, 0.2) is 0 Å². The van der Waals surface area contributed by atoms with Gasteiger partial charge in [0, 0.05) is 31.4 Å². The van der Waals surface area contributed by atoms with Gasteiger partial charge in [-0.1, -0.05) is 11.2 Å². The van der Waals surface area contributed by atoms with E-state index in [9.17, 15) is 13.6 Å². The van der Waals surface area contributed by atoms with Gasteiger partial charge in [-0.2, -0.15) is 0 Å². The number of hydrogen-bond acceptors (Lipinski definition) is 8. The summed E-state index contributed by atoms with van der Waals surface area (Å²) in [4.78, 5) is 14.7. The molecule has 0 aliphatic carbocycles. The first-order valence-corrected chi connectivity index (χ1v) is 10.9. The van der Waals surface area contributed by atoms with Crippen LogP contribution in [0.3, 0.4) is 0 Å². The minimum Gasteiger partial charge on any atom is -0.496 e. The lowest BCUT2D eigenvalue weighted by atomic mass is 10.1. The molecule has 1 saturated heterocycles. The van der Waals surface area contributed by atoms with Crippen LogP contribution in [-0.4, -0.2) is 67.5 Å². The van der Waals surface area contributed by atoms with Crippen LogP contribution in [0, 0.1) is 11.6 Å². The topological polar surface area (TPSA) is 102 Å². The Kier molecular flexibility index (Phi) is 7.65. The van der Waals surface area contributed by atoms with Crippen LogP contribution in [0.1, 0.15) is 16.8 Å². The molecule has 1 aliphatic heterocycles. The first-order valence-electron chi connectivity index (χ1n) is 10.9. The molecular weight excluding hydrogens is 448 g/mol. The van der Waals surface area contributed by atoms with Crippen molar-refractivity contribution in [2.24, 2.45) is 0 Å². The summed E-state index contributed by atoms with van der Waals surface area (Å²) in [7, 11) is 1.45. The molecule has 34 heavy (non-hydrogen) atoms. The van der Waals surface area contributed by atoms with Crippen molar-refractivity contribution in [1.29, 1.82) is 0 Å². The van der Waals surface area contributed by atoms with Crippen LogP contribution in [-0.2, 0) is 4.74 Å². The average molecular weight is 473 g/mol. The van der Waals surface area contributed by atoms with Crippen molar-refractivity contribution in [3.8, 4) is 17.2 Å². The van der Waals surface area contributed by atoms with Crippen LogP contribution < -0.4 is 15.4 Å². The van der Waals surface area contributed by atoms with Gasteiger partial charge in [-0.15, -0.1) is 5.10 Å². The quantitative estimate of drug-likeness (QED) is 0.456. The van der Waals surface area contributed by atoms with Gasteiger partial charge in [0.25, 0.3) is 11.8 Å². The summed E-state index contributed by atoms with van der Waals surface area (Å²) in [5.74, 6) is -2.24. The van der Waals surface area contributed by atoms with Crippen LogP contribution in [0.5, 0.6) is 5.75 Å². The molecule has 0 atom stereocenters. The number of methoxy groups -OCH3 is 1. The van der Waals surface area contributed by atoms with E-state index in [1.54, 1.807) is 12.1 Å². The van der Waals surface area contributed by atoms with Gasteiger partial charge in [-0.25, -0.2) is 8.78 Å². The Morgan fingerprint density at radius 3 is 2.65 bits per heavy atom. The van der Waals surface area contributed by atoms with Gasteiger partial charge in [0.1, 0.15) is 22.9 Å². The second kappa shape index (κ2) is 11.0. The molecular formula is C23H25F2N5O4. The Bertz CT molecular complexity index is 1110. The second-order valence-corrected chi connectivity index (χ2v) is 7.61. The summed E-state index contributed by atoms with van der Waals surface area (Å²) in [5, 5.41) is 13.6. The smallest absolute Gasteiger partial charge is 0.315 e. The van der Waals surface area contributed by atoms with E-state index in [1.165, 1.54) is 19.2 Å². The normalized spacial score (nSPS) is 14.1. The van der Waals surface area contributed by atoms with E-state index in [4.69, 9.17) is 13.9 Å². The SMILES string of the molecule is COc1cc(NC(=O)c2c(F)cccc2F)ccc1-c1nnc(NCCCN2CCOCC2)o1. The number of ether oxygens (including phenoxy) is 2. The third-order valence-corrected chi connectivity index (χ3v) is 5.34. The molecule has 4 rings (SSSR count). The number of amides is 1. The molecule has 2 aromatic carbocycles. The fourth-order valence-electron chi connectivity index (χ4n) is 3.58. The van der Waals surface area contributed by atoms with E-state index in [1.807, 2.05) is 0 Å². The minimum atomic E-state index is -0.947. The summed E-state index contributed by atoms with van der Waals surface area (Å²) in [6, 6.07) is 8.18. The third-order valence-electron chi connectivity index (χ3n) is 5.34. The van der Waals surface area contributed by atoms with Crippen LogP contribution in [0.15, 0.2) is 40.8 Å². The summed E-state index contributed by atoms with van der Waals surface area (Å²) in [6.07, 6.45) is 0.915. The zero-order chi connectivity index (χ0) is 23.9. The van der Waals surface area contributed by atoms with Crippen molar-refractivity contribution in [2.75, 3.05) is 57.1 Å². The number of carbonyl (C=O) groups excluding carboxylic acids is 1. The Balaban J connectivity index is 1.38. The van der Waals surface area contributed by atoms with Crippen molar-refractivity contribution in [3.05, 3.63) is 53.6 Å². The van der Waals surface area contributed by atoms with Crippen molar-refractivity contribution in [1.82, 2.24) is 15.1 Å². The lowest BCUT2D eigenvalue weighted by Gasteiger charge is -2.26. The molecule has 9 nitrogen and oxygen atoms in total. The second-order valence-electron chi connectivity index (χ2n) is 7.61. The average Bonchev–Trinajstić information content (AvgIpc) is 3.31. The fraction of sp³-hybridized carbons (Fsp3) is 0.348. The van der Waals surface area contributed by atoms with Crippen molar-refractivity contribution in [2.45, 2.75) is 6.42 Å². The Morgan fingerprint density at radius 2 is 1.91 bits per heavy atom. The monoisotopic (exact) mass is 473 g/mol. The van der Waals surface area contributed by atoms with Gasteiger partial charge < -0.3 is 24.5 Å². The molecule has 1 amide bonds. The van der Waals surface area contributed by atoms with Crippen LogP contribution in [0.2, 0.25) is 0 Å². The lowest BCUT2D eigenvalue weighted by molar-refractivity contribution is 0.0378. The molecule has 1 aromatic heterocycles. The highest BCUT2D eigenvalue weighted by molar-refractivity contribution is 6.04. The number of halogens is 2. The molecule has 3 aromatic rings. The minimum absolute atomic E-state index is 0.227. The van der Waals surface area contributed by atoms with Crippen molar-refractivity contribution in [3.63, 3.8) is 0 Å². The number of aromatic nitrogens is 2. The van der Waals surface area contributed by atoms with E-state index in [2.05, 4.69) is 25.7 Å². The lowest BCUT2D eigenvalue weighted by Crippen LogP contribution is -2.37. The van der Waals surface area contributed by atoms with Gasteiger partial charge in [0.05, 0.1) is 25.9 Å². The number of nitrogens with zero attached hydrogens (tertiary/aromatic N) is 3. The Labute approximate surface area is 195 Å². The maximum Gasteiger partial charge on any atom is 0.315 e. The van der Waals surface area contributed by atoms with E-state index < -0.39 is 23.1 Å². The fourth-order valence-corrected chi connectivity index (χ4v) is 3.58. The number of hydrogen-bond donors (Lipinski definition) is 2. The Hall–Kier alpha value is -3.57. The molecule has 0 radical (unpaired) electrons. The maximum atomic E-state index is 13.9. The Morgan fingerprint density at radius 1 is 1.15 bits per heavy atom. The highest BCUT2D eigenvalue weighted by atomic mass is 19.1. The maximum absolute atomic E-state index is 13.9. The predicted octanol–water partition coefficient (Wildman–Crippen LogP) is 3.41. The van der Waals surface area contributed by atoms with E-state index in [0.717, 1.165) is 51.4 Å². The first kappa shape index (κ1) is 23.6. The summed E-state index contributed by atoms with van der Waals surface area (Å²) in [6.45, 7) is 5.05. The standard InChI is InChI=1S/C23H25F2N5O4/c1-32-19-14-15(27-21(31)20-17(24)4-2-5-18(20)25)6-7-16(19)22-28-29-23(34-22)26-8-3-9-30-10-12-33-13-11-30/h2,4-7,14H,3,8-13H2,1H3,(H,26,29)(H,27,31). The predicted molar refractivity (Wildman–Crippen MR) is 121 cm³/mol. The number of carbonyl (C=O) groups is 1. The van der Waals surface area contributed by atoms with Crippen LogP contribution in [0.25, 0.3) is 11.5 Å². The molecule has 1 fully saturated rings. The number of rotatable bonds is 9. The van der Waals surface area contributed by atoms with E-state index in [-0.39, 0.29) is 17.6 Å². The molecule has 2 heterocycles.